The summed E-state index contributed by atoms with van der Waals surface area (Å²) in [4.78, 5) is 0. The molecule has 0 spiro atoms. The Balaban J connectivity index is 0.00000102. The fourth-order valence-corrected chi connectivity index (χ4v) is 1.80. The lowest BCUT2D eigenvalue weighted by atomic mass is 10.2. The molecule has 0 amide bonds. The van der Waals surface area contributed by atoms with Gasteiger partial charge in [-0.05, 0) is 39.1 Å². The molecule has 0 aromatic heterocycles. The van der Waals surface area contributed by atoms with Crippen LogP contribution in [0.4, 0.5) is 4.39 Å². The molecular formula is C16H28FNO4. The highest BCUT2D eigenvalue weighted by molar-refractivity contribution is 5.29. The number of aliphatic hydroxyl groups excluding tert-OH is 1. The summed E-state index contributed by atoms with van der Waals surface area (Å²) >= 11 is 0. The number of ether oxygens (including phenoxy) is 3. The third kappa shape index (κ3) is 6.70. The summed E-state index contributed by atoms with van der Waals surface area (Å²) in [6, 6.07) is 4.28. The Kier molecular flexibility index (Phi) is 9.93. The fourth-order valence-electron chi connectivity index (χ4n) is 1.80. The van der Waals surface area contributed by atoms with Crippen molar-refractivity contribution in [3.05, 3.63) is 29.6 Å². The van der Waals surface area contributed by atoms with Gasteiger partial charge in [-0.15, -0.1) is 0 Å². The Hall–Kier alpha value is -1.21. The van der Waals surface area contributed by atoms with Gasteiger partial charge in [0.2, 0.25) is 0 Å². The van der Waals surface area contributed by atoms with Gasteiger partial charge < -0.3 is 25.1 Å². The summed E-state index contributed by atoms with van der Waals surface area (Å²) in [6.45, 7) is 8.14. The highest BCUT2D eigenvalue weighted by atomic mass is 19.1. The van der Waals surface area contributed by atoms with Crippen molar-refractivity contribution in [1.29, 1.82) is 0 Å². The minimum Gasteiger partial charge on any atom is -0.491 e. The van der Waals surface area contributed by atoms with Crippen LogP contribution in [0.2, 0.25) is 0 Å². The Morgan fingerprint density at radius 1 is 1.36 bits per heavy atom. The van der Waals surface area contributed by atoms with Gasteiger partial charge in [0.05, 0.1) is 13.2 Å². The second-order valence-electron chi connectivity index (χ2n) is 4.67. The Morgan fingerprint density at radius 3 is 2.50 bits per heavy atom. The van der Waals surface area contributed by atoms with E-state index in [2.05, 4.69) is 5.73 Å². The smallest absolute Gasteiger partial charge is 0.163 e. The Bertz CT molecular complexity index is 427. The van der Waals surface area contributed by atoms with Crippen LogP contribution in [0.1, 0.15) is 33.3 Å². The molecule has 2 rings (SSSR count). The molecule has 0 radical (unpaired) electrons. The first-order valence-electron chi connectivity index (χ1n) is 7.42. The van der Waals surface area contributed by atoms with Crippen molar-refractivity contribution in [3.8, 4) is 5.75 Å². The molecule has 5 nitrogen and oxygen atoms in total. The first-order valence-corrected chi connectivity index (χ1v) is 7.42. The largest absolute Gasteiger partial charge is 0.491 e. The molecule has 6 heteroatoms. The molecule has 1 fully saturated rings. The molecule has 1 atom stereocenters. The van der Waals surface area contributed by atoms with Crippen LogP contribution in [0.5, 0.6) is 5.75 Å². The minimum absolute atomic E-state index is 0.136. The van der Waals surface area contributed by atoms with Gasteiger partial charge in [-0.25, -0.2) is 4.39 Å². The third-order valence-electron chi connectivity index (χ3n) is 2.69. The zero-order valence-electron chi connectivity index (χ0n) is 14.1. The molecule has 22 heavy (non-hydrogen) atoms. The average molecular weight is 317 g/mol. The van der Waals surface area contributed by atoms with Crippen molar-refractivity contribution in [2.45, 2.75) is 46.2 Å². The summed E-state index contributed by atoms with van der Waals surface area (Å²) < 4.78 is 29.6. The lowest BCUT2D eigenvalue weighted by molar-refractivity contribution is -0.141. The van der Waals surface area contributed by atoms with Gasteiger partial charge in [-0.2, -0.15) is 0 Å². The van der Waals surface area contributed by atoms with Crippen molar-refractivity contribution < 1.29 is 23.7 Å². The number of hydrogen-bond donors (Lipinski definition) is 2. The van der Waals surface area contributed by atoms with Gasteiger partial charge >= 0.3 is 0 Å². The van der Waals surface area contributed by atoms with E-state index < -0.39 is 11.6 Å². The molecule has 1 saturated heterocycles. The van der Waals surface area contributed by atoms with Crippen LogP contribution in [0.3, 0.4) is 0 Å². The summed E-state index contributed by atoms with van der Waals surface area (Å²) in [5, 5.41) is 8.95. The minimum atomic E-state index is -0.576. The van der Waals surface area contributed by atoms with Gasteiger partial charge in [-0.1, -0.05) is 13.8 Å². The molecule has 1 aliphatic rings. The third-order valence-corrected chi connectivity index (χ3v) is 2.69. The van der Waals surface area contributed by atoms with Gasteiger partial charge in [0.25, 0.3) is 0 Å². The van der Waals surface area contributed by atoms with E-state index in [1.165, 1.54) is 25.2 Å². The molecule has 1 aromatic rings. The summed E-state index contributed by atoms with van der Waals surface area (Å²) in [6.07, 6.45) is -0.136. The Labute approximate surface area is 132 Å². The summed E-state index contributed by atoms with van der Waals surface area (Å²) in [7, 11) is 1.50. The lowest BCUT2D eigenvalue weighted by Gasteiger charge is -2.17. The molecule has 128 valence electrons. The zero-order valence-corrected chi connectivity index (χ0v) is 14.1. The van der Waals surface area contributed by atoms with E-state index in [1.54, 1.807) is 0 Å². The molecule has 1 heterocycles. The maximum Gasteiger partial charge on any atom is 0.163 e. The van der Waals surface area contributed by atoms with E-state index in [0.29, 0.717) is 19.0 Å². The maximum atomic E-state index is 13.2. The van der Waals surface area contributed by atoms with Crippen molar-refractivity contribution >= 4 is 0 Å². The van der Waals surface area contributed by atoms with Crippen LogP contribution in [-0.2, 0) is 16.1 Å². The van der Waals surface area contributed by atoms with E-state index in [-0.39, 0.29) is 18.3 Å². The molecule has 3 N–H and O–H groups in total. The first kappa shape index (κ1) is 20.8. The maximum absolute atomic E-state index is 13.2. The second-order valence-corrected chi connectivity index (χ2v) is 4.67. The number of benzene rings is 1. The van der Waals surface area contributed by atoms with E-state index in [9.17, 15) is 4.39 Å². The van der Waals surface area contributed by atoms with Gasteiger partial charge in [-0.3, -0.25) is 0 Å². The van der Waals surface area contributed by atoms with Crippen LogP contribution in [0, 0.1) is 5.82 Å². The highest BCUT2D eigenvalue weighted by Crippen LogP contribution is 2.23. The molecule has 0 bridgehead atoms. The Morgan fingerprint density at radius 2 is 2.00 bits per heavy atom. The molecule has 1 aliphatic heterocycles. The quantitative estimate of drug-likeness (QED) is 0.892. The first-order chi connectivity index (χ1) is 10.5. The van der Waals surface area contributed by atoms with E-state index in [4.69, 9.17) is 19.3 Å². The topological polar surface area (TPSA) is 73.9 Å². The van der Waals surface area contributed by atoms with Crippen molar-refractivity contribution in [2.75, 3.05) is 20.3 Å². The number of nitrogens with two attached hydrogens (primary N) is 1. The van der Waals surface area contributed by atoms with Crippen LogP contribution in [0.25, 0.3) is 0 Å². The van der Waals surface area contributed by atoms with Crippen molar-refractivity contribution in [1.82, 2.24) is 0 Å². The van der Waals surface area contributed by atoms with Crippen LogP contribution in [-0.4, -0.2) is 37.3 Å². The molecule has 0 aliphatic carbocycles. The SMILES string of the molecule is CC.CC1(C)OCC(COc2ccc(F)c(CO)c2)O1.CN. The number of halogens is 1. The number of aliphatic hydroxyl groups is 1. The standard InChI is InChI=1S/C13H17FO4.C2H6.CH5N/c1-13(2)17-8-11(18-13)7-16-10-3-4-12(14)9(5-10)6-15;2*1-2/h3-5,11,15H,6-8H2,1-2H3;1-2H3;2H2,1H3. The molecular weight excluding hydrogens is 289 g/mol. The fraction of sp³-hybridized carbons (Fsp3) is 0.625. The van der Waals surface area contributed by atoms with E-state index in [1.807, 2.05) is 27.7 Å². The zero-order chi connectivity index (χ0) is 17.2. The second kappa shape index (κ2) is 10.5. The van der Waals surface area contributed by atoms with Gasteiger partial charge in [0.1, 0.15) is 24.3 Å². The van der Waals surface area contributed by atoms with Crippen LogP contribution >= 0.6 is 0 Å². The predicted octanol–water partition coefficient (Wildman–Crippen LogP) is 2.45. The normalized spacial score (nSPS) is 18.6. The van der Waals surface area contributed by atoms with Gasteiger partial charge in [0.15, 0.2) is 5.79 Å². The summed E-state index contributed by atoms with van der Waals surface area (Å²) in [5.41, 5.74) is 4.72. The highest BCUT2D eigenvalue weighted by Gasteiger charge is 2.32. The van der Waals surface area contributed by atoms with E-state index in [0.717, 1.165) is 0 Å². The van der Waals surface area contributed by atoms with Crippen LogP contribution < -0.4 is 10.5 Å². The van der Waals surface area contributed by atoms with Gasteiger partial charge in [0, 0.05) is 5.56 Å². The van der Waals surface area contributed by atoms with Crippen LogP contribution in [0.15, 0.2) is 18.2 Å². The monoisotopic (exact) mass is 317 g/mol. The number of rotatable bonds is 4. The summed E-state index contributed by atoms with van der Waals surface area (Å²) in [5.74, 6) is -0.507. The lowest BCUT2D eigenvalue weighted by Crippen LogP contribution is -2.25. The van der Waals surface area contributed by atoms with Crippen molar-refractivity contribution in [3.63, 3.8) is 0 Å². The predicted molar refractivity (Wildman–Crippen MR) is 84.2 cm³/mol. The molecule has 0 saturated carbocycles. The van der Waals surface area contributed by atoms with E-state index >= 15 is 0 Å². The molecule has 1 unspecified atom stereocenters. The molecule has 1 aromatic carbocycles. The van der Waals surface area contributed by atoms with Crippen molar-refractivity contribution in [2.24, 2.45) is 5.73 Å². The average Bonchev–Trinajstić information content (AvgIpc) is 2.89. The number of hydrogen-bond acceptors (Lipinski definition) is 5.